The normalized spacial score (nSPS) is 10.2. The Balaban J connectivity index is 2.60. The molecule has 0 aromatic heterocycles. The van der Waals surface area contributed by atoms with Gasteiger partial charge in [-0.2, -0.15) is 0 Å². The van der Waals surface area contributed by atoms with Gasteiger partial charge in [0.25, 0.3) is 5.91 Å². The van der Waals surface area contributed by atoms with Crippen molar-refractivity contribution < 1.29 is 13.9 Å². The van der Waals surface area contributed by atoms with Gasteiger partial charge in [0.1, 0.15) is 12.4 Å². The lowest BCUT2D eigenvalue weighted by Gasteiger charge is -2.17. The molecule has 0 aliphatic heterocycles. The van der Waals surface area contributed by atoms with Gasteiger partial charge in [-0.05, 0) is 12.1 Å². The van der Waals surface area contributed by atoms with E-state index < -0.39 is 5.82 Å². The molecule has 4 nitrogen and oxygen atoms in total. The average molecular weight is 226 g/mol. The summed E-state index contributed by atoms with van der Waals surface area (Å²) in [5, 5.41) is 0. The van der Waals surface area contributed by atoms with Gasteiger partial charge in [-0.15, -0.1) is 0 Å². The van der Waals surface area contributed by atoms with E-state index in [4.69, 9.17) is 10.5 Å². The zero-order valence-electron chi connectivity index (χ0n) is 9.15. The third kappa shape index (κ3) is 3.29. The Hall–Kier alpha value is -1.46. The number of likely N-dealkylation sites (N-methyl/N-ethyl adjacent to an activating group) is 1. The van der Waals surface area contributed by atoms with Crippen molar-refractivity contribution in [2.24, 2.45) is 5.73 Å². The van der Waals surface area contributed by atoms with Crippen molar-refractivity contribution in [3.05, 3.63) is 30.1 Å². The highest BCUT2D eigenvalue weighted by Gasteiger charge is 2.13. The molecule has 0 unspecified atom stereocenters. The summed E-state index contributed by atoms with van der Waals surface area (Å²) in [4.78, 5) is 12.8. The highest BCUT2D eigenvalue weighted by molar-refractivity contribution is 5.93. The first-order chi connectivity index (χ1) is 7.66. The number of anilines is 1. The van der Waals surface area contributed by atoms with Crippen LogP contribution in [0.3, 0.4) is 0 Å². The van der Waals surface area contributed by atoms with Crippen molar-refractivity contribution in [1.29, 1.82) is 0 Å². The first-order valence-electron chi connectivity index (χ1n) is 4.95. The number of para-hydroxylation sites is 1. The quantitative estimate of drug-likeness (QED) is 0.754. The smallest absolute Gasteiger partial charge is 0.252 e. The molecule has 2 N–H and O–H groups in total. The lowest BCUT2D eigenvalue weighted by atomic mass is 10.3. The van der Waals surface area contributed by atoms with Gasteiger partial charge in [0.05, 0.1) is 12.3 Å². The lowest BCUT2D eigenvalue weighted by Crippen LogP contribution is -2.31. The Morgan fingerprint density at radius 1 is 1.50 bits per heavy atom. The first kappa shape index (κ1) is 12.6. The van der Waals surface area contributed by atoms with Crippen LogP contribution in [0.2, 0.25) is 0 Å². The number of rotatable bonds is 5. The zero-order chi connectivity index (χ0) is 12.0. The number of ether oxygens (including phenoxy) is 1. The van der Waals surface area contributed by atoms with Crippen molar-refractivity contribution >= 4 is 11.6 Å². The fourth-order valence-corrected chi connectivity index (χ4v) is 1.20. The molecule has 1 rings (SSSR count). The molecule has 0 atom stereocenters. The number of halogens is 1. The minimum atomic E-state index is -0.433. The van der Waals surface area contributed by atoms with Gasteiger partial charge < -0.3 is 15.4 Å². The number of amides is 1. The maximum atomic E-state index is 13.3. The summed E-state index contributed by atoms with van der Waals surface area (Å²) in [5.41, 5.74) is 5.46. The monoisotopic (exact) mass is 226 g/mol. The third-order valence-corrected chi connectivity index (χ3v) is 2.08. The van der Waals surface area contributed by atoms with E-state index in [9.17, 15) is 9.18 Å². The molecule has 0 radical (unpaired) electrons. The van der Waals surface area contributed by atoms with Crippen molar-refractivity contribution in [3.63, 3.8) is 0 Å². The maximum absolute atomic E-state index is 13.3. The second-order valence-electron chi connectivity index (χ2n) is 3.25. The highest BCUT2D eigenvalue weighted by atomic mass is 19.1. The van der Waals surface area contributed by atoms with E-state index in [1.165, 1.54) is 24.1 Å². The molecule has 1 aromatic carbocycles. The molecule has 16 heavy (non-hydrogen) atoms. The highest BCUT2D eigenvalue weighted by Crippen LogP contribution is 2.16. The molecule has 0 spiro atoms. The molecule has 88 valence electrons. The summed E-state index contributed by atoms with van der Waals surface area (Å²) < 4.78 is 18.3. The number of nitrogens with two attached hydrogens (primary N) is 1. The van der Waals surface area contributed by atoms with E-state index in [0.717, 1.165) is 0 Å². The number of carbonyl (C=O) groups is 1. The molecule has 0 saturated carbocycles. The second-order valence-corrected chi connectivity index (χ2v) is 3.25. The predicted molar refractivity (Wildman–Crippen MR) is 59.7 cm³/mol. The summed E-state index contributed by atoms with van der Waals surface area (Å²) in [5.74, 6) is -0.740. The Bertz CT molecular complexity index is 358. The molecule has 1 aromatic rings. The zero-order valence-corrected chi connectivity index (χ0v) is 9.15. The summed E-state index contributed by atoms with van der Waals surface area (Å²) in [6, 6.07) is 6.08. The van der Waals surface area contributed by atoms with Crippen LogP contribution in [0.5, 0.6) is 0 Å². The van der Waals surface area contributed by atoms with Gasteiger partial charge in [-0.1, -0.05) is 12.1 Å². The Morgan fingerprint density at radius 2 is 2.19 bits per heavy atom. The molecule has 0 bridgehead atoms. The van der Waals surface area contributed by atoms with Crippen LogP contribution in [0.15, 0.2) is 24.3 Å². The minimum absolute atomic E-state index is 0.0952. The second kappa shape index (κ2) is 6.19. The average Bonchev–Trinajstić information content (AvgIpc) is 2.29. The van der Waals surface area contributed by atoms with E-state index in [-0.39, 0.29) is 18.2 Å². The molecule has 0 fully saturated rings. The molecule has 0 saturated heterocycles. The minimum Gasteiger partial charge on any atom is -0.370 e. The molecule has 0 heterocycles. The first-order valence-corrected chi connectivity index (χ1v) is 4.95. The number of hydrogen-bond acceptors (Lipinski definition) is 3. The van der Waals surface area contributed by atoms with E-state index in [0.29, 0.717) is 13.2 Å². The lowest BCUT2D eigenvalue weighted by molar-refractivity contribution is -0.122. The molecule has 1 amide bonds. The topological polar surface area (TPSA) is 55.6 Å². The van der Waals surface area contributed by atoms with E-state index in [2.05, 4.69) is 0 Å². The van der Waals surface area contributed by atoms with Crippen molar-refractivity contribution in [2.45, 2.75) is 0 Å². The van der Waals surface area contributed by atoms with Crippen LogP contribution in [-0.2, 0) is 9.53 Å². The molecular formula is C11H15FN2O2. The van der Waals surface area contributed by atoms with Gasteiger partial charge in [0, 0.05) is 13.6 Å². The van der Waals surface area contributed by atoms with E-state index in [1.54, 1.807) is 12.1 Å². The maximum Gasteiger partial charge on any atom is 0.252 e. The Labute approximate surface area is 93.8 Å². The summed E-state index contributed by atoms with van der Waals surface area (Å²) in [6.07, 6.45) is 0. The number of carbonyl (C=O) groups excluding carboxylic acids is 1. The number of benzene rings is 1. The van der Waals surface area contributed by atoms with Crippen molar-refractivity contribution in [3.8, 4) is 0 Å². The van der Waals surface area contributed by atoms with Crippen LogP contribution in [0.25, 0.3) is 0 Å². The summed E-state index contributed by atoms with van der Waals surface area (Å²) in [7, 11) is 1.51. The van der Waals surface area contributed by atoms with Crippen LogP contribution in [-0.4, -0.2) is 32.7 Å². The predicted octanol–water partition coefficient (Wildman–Crippen LogP) is 0.764. The van der Waals surface area contributed by atoms with Crippen LogP contribution >= 0.6 is 0 Å². The third-order valence-electron chi connectivity index (χ3n) is 2.08. The fraction of sp³-hybridized carbons (Fsp3) is 0.364. The van der Waals surface area contributed by atoms with Crippen molar-refractivity contribution in [1.82, 2.24) is 0 Å². The van der Waals surface area contributed by atoms with E-state index >= 15 is 0 Å². The largest absolute Gasteiger partial charge is 0.370 e. The van der Waals surface area contributed by atoms with Gasteiger partial charge in [0.2, 0.25) is 0 Å². The van der Waals surface area contributed by atoms with Crippen LogP contribution in [0.1, 0.15) is 0 Å². The summed E-state index contributed by atoms with van der Waals surface area (Å²) >= 11 is 0. The van der Waals surface area contributed by atoms with Gasteiger partial charge in [0.15, 0.2) is 0 Å². The summed E-state index contributed by atoms with van der Waals surface area (Å²) in [6.45, 7) is 0.579. The van der Waals surface area contributed by atoms with Crippen LogP contribution in [0, 0.1) is 5.82 Å². The molecular weight excluding hydrogens is 211 g/mol. The number of hydrogen-bond donors (Lipinski definition) is 1. The SMILES string of the molecule is CN(C(=O)COCCN)c1ccccc1F. The Morgan fingerprint density at radius 3 is 2.81 bits per heavy atom. The van der Waals surface area contributed by atoms with E-state index in [1.807, 2.05) is 0 Å². The fourth-order valence-electron chi connectivity index (χ4n) is 1.20. The number of nitrogens with zero attached hydrogens (tertiary/aromatic N) is 1. The molecule has 0 aliphatic carbocycles. The van der Waals surface area contributed by atoms with Crippen LogP contribution in [0.4, 0.5) is 10.1 Å². The standard InChI is InChI=1S/C11H15FN2O2/c1-14(11(15)8-16-7-6-13)10-5-3-2-4-9(10)12/h2-5H,6-8,13H2,1H3. The Kier molecular flexibility index (Phi) is 4.88. The van der Waals surface area contributed by atoms with Crippen molar-refractivity contribution in [2.75, 3.05) is 31.7 Å². The van der Waals surface area contributed by atoms with Gasteiger partial charge in [-0.25, -0.2) is 4.39 Å². The molecule has 5 heteroatoms. The molecule has 0 aliphatic rings. The van der Waals surface area contributed by atoms with Gasteiger partial charge >= 0.3 is 0 Å². The van der Waals surface area contributed by atoms with Crippen LogP contribution < -0.4 is 10.6 Å². The van der Waals surface area contributed by atoms with Gasteiger partial charge in [-0.3, -0.25) is 4.79 Å².